The van der Waals surface area contributed by atoms with Crippen LogP contribution in [0.15, 0.2) is 11.8 Å². The second-order valence-electron chi connectivity index (χ2n) is 3.01. The van der Waals surface area contributed by atoms with Gasteiger partial charge in [0.1, 0.15) is 0 Å². The van der Waals surface area contributed by atoms with Crippen molar-refractivity contribution in [3.63, 3.8) is 0 Å². The standard InChI is InChI=1S/C8H11F3O2/c9-8(10,11)7(12)4-6-2-1-3-13-5-6/h5,7,12H,1-4H2. The molecule has 1 aliphatic rings. The Morgan fingerprint density at radius 1 is 1.54 bits per heavy atom. The first-order chi connectivity index (χ1) is 6.00. The van der Waals surface area contributed by atoms with Gasteiger partial charge in [-0.2, -0.15) is 13.2 Å². The van der Waals surface area contributed by atoms with E-state index < -0.39 is 12.3 Å². The smallest absolute Gasteiger partial charge is 0.414 e. The van der Waals surface area contributed by atoms with Gasteiger partial charge in [-0.15, -0.1) is 0 Å². The number of aliphatic hydroxyl groups is 1. The maximum absolute atomic E-state index is 11.9. The highest BCUT2D eigenvalue weighted by molar-refractivity contribution is 5.02. The molecule has 0 spiro atoms. The summed E-state index contributed by atoms with van der Waals surface area (Å²) < 4.78 is 40.5. The molecule has 1 heterocycles. The van der Waals surface area contributed by atoms with Crippen LogP contribution in [0.2, 0.25) is 0 Å². The number of halogens is 3. The molecule has 0 saturated carbocycles. The van der Waals surface area contributed by atoms with E-state index in [1.54, 1.807) is 0 Å². The Balaban J connectivity index is 2.43. The second kappa shape index (κ2) is 4.00. The van der Waals surface area contributed by atoms with E-state index in [1.807, 2.05) is 0 Å². The van der Waals surface area contributed by atoms with Crippen molar-refractivity contribution in [1.29, 1.82) is 0 Å². The van der Waals surface area contributed by atoms with E-state index in [0.717, 1.165) is 6.42 Å². The van der Waals surface area contributed by atoms with E-state index in [-0.39, 0.29) is 6.42 Å². The fourth-order valence-corrected chi connectivity index (χ4v) is 1.13. The van der Waals surface area contributed by atoms with E-state index in [2.05, 4.69) is 0 Å². The van der Waals surface area contributed by atoms with Crippen molar-refractivity contribution in [1.82, 2.24) is 0 Å². The highest BCUT2D eigenvalue weighted by atomic mass is 19.4. The third-order valence-electron chi connectivity index (χ3n) is 1.84. The number of hydrogen-bond donors (Lipinski definition) is 1. The zero-order chi connectivity index (χ0) is 9.90. The van der Waals surface area contributed by atoms with Crippen LogP contribution in [0, 0.1) is 0 Å². The monoisotopic (exact) mass is 196 g/mol. The lowest BCUT2D eigenvalue weighted by Crippen LogP contribution is -2.29. The quantitative estimate of drug-likeness (QED) is 0.731. The Labute approximate surface area is 74.0 Å². The van der Waals surface area contributed by atoms with Crippen LogP contribution in [0.1, 0.15) is 19.3 Å². The lowest BCUT2D eigenvalue weighted by Gasteiger charge is -2.18. The minimum absolute atomic E-state index is 0.372. The average Bonchev–Trinajstić information content (AvgIpc) is 2.04. The molecule has 1 unspecified atom stereocenters. The van der Waals surface area contributed by atoms with Crippen LogP contribution in [-0.4, -0.2) is 24.0 Å². The molecule has 1 aliphatic heterocycles. The summed E-state index contributed by atoms with van der Waals surface area (Å²) in [6, 6.07) is 0. The average molecular weight is 196 g/mol. The first kappa shape index (κ1) is 10.4. The van der Waals surface area contributed by atoms with Crippen LogP contribution in [-0.2, 0) is 4.74 Å². The number of hydrogen-bond acceptors (Lipinski definition) is 2. The summed E-state index contributed by atoms with van der Waals surface area (Å²) in [6.45, 7) is 0.547. The van der Waals surface area contributed by atoms with Crippen LogP contribution in [0.4, 0.5) is 13.2 Å². The molecule has 0 aromatic rings. The molecule has 5 heteroatoms. The number of rotatable bonds is 2. The molecular weight excluding hydrogens is 185 g/mol. The molecule has 1 N–H and O–H groups in total. The summed E-state index contributed by atoms with van der Waals surface area (Å²) in [6.07, 6.45) is -4.55. The molecule has 0 aliphatic carbocycles. The molecule has 0 fully saturated rings. The minimum atomic E-state index is -4.53. The Kier molecular flexibility index (Phi) is 3.19. The van der Waals surface area contributed by atoms with Gasteiger partial charge in [-0.05, 0) is 18.4 Å². The van der Waals surface area contributed by atoms with Gasteiger partial charge in [0.25, 0.3) is 0 Å². The summed E-state index contributed by atoms with van der Waals surface area (Å²) in [4.78, 5) is 0. The van der Waals surface area contributed by atoms with Crippen LogP contribution in [0.25, 0.3) is 0 Å². The second-order valence-corrected chi connectivity index (χ2v) is 3.01. The number of aliphatic hydroxyl groups excluding tert-OH is 1. The van der Waals surface area contributed by atoms with Gasteiger partial charge in [-0.1, -0.05) is 0 Å². The zero-order valence-electron chi connectivity index (χ0n) is 6.97. The van der Waals surface area contributed by atoms with Crippen LogP contribution < -0.4 is 0 Å². The van der Waals surface area contributed by atoms with Gasteiger partial charge in [0, 0.05) is 6.42 Å². The molecule has 0 aromatic heterocycles. The summed E-state index contributed by atoms with van der Waals surface area (Å²) in [5, 5.41) is 8.72. The lowest BCUT2D eigenvalue weighted by atomic mass is 10.0. The van der Waals surface area contributed by atoms with Crippen molar-refractivity contribution in [3.05, 3.63) is 11.8 Å². The molecule has 0 bridgehead atoms. The third-order valence-corrected chi connectivity index (χ3v) is 1.84. The summed E-state index contributed by atoms with van der Waals surface area (Å²) in [7, 11) is 0. The third kappa shape index (κ3) is 3.26. The SMILES string of the molecule is OC(CC1=COCCC1)C(F)(F)F. The normalized spacial score (nSPS) is 20.5. The maximum Gasteiger partial charge on any atom is 0.414 e. The molecular formula is C8H11F3O2. The van der Waals surface area contributed by atoms with Crippen molar-refractivity contribution in [2.24, 2.45) is 0 Å². The van der Waals surface area contributed by atoms with Crippen molar-refractivity contribution in [2.75, 3.05) is 6.61 Å². The topological polar surface area (TPSA) is 29.5 Å². The van der Waals surface area contributed by atoms with Gasteiger partial charge >= 0.3 is 6.18 Å². The predicted octanol–water partition coefficient (Wildman–Crippen LogP) is 1.99. The molecule has 0 aromatic carbocycles. The van der Waals surface area contributed by atoms with E-state index >= 15 is 0 Å². The fourth-order valence-electron chi connectivity index (χ4n) is 1.13. The van der Waals surface area contributed by atoms with Crippen LogP contribution >= 0.6 is 0 Å². The number of alkyl halides is 3. The Morgan fingerprint density at radius 3 is 2.69 bits per heavy atom. The van der Waals surface area contributed by atoms with E-state index in [0.29, 0.717) is 18.6 Å². The minimum Gasteiger partial charge on any atom is -0.501 e. The first-order valence-corrected chi connectivity index (χ1v) is 4.04. The fraction of sp³-hybridized carbons (Fsp3) is 0.750. The summed E-state index contributed by atoms with van der Waals surface area (Å²) >= 11 is 0. The van der Waals surface area contributed by atoms with Gasteiger partial charge in [0.2, 0.25) is 0 Å². The van der Waals surface area contributed by atoms with Crippen molar-refractivity contribution < 1.29 is 23.0 Å². The molecule has 2 nitrogen and oxygen atoms in total. The van der Waals surface area contributed by atoms with Gasteiger partial charge in [-0.3, -0.25) is 0 Å². The summed E-state index contributed by atoms with van der Waals surface area (Å²) in [5.74, 6) is 0. The lowest BCUT2D eigenvalue weighted by molar-refractivity contribution is -0.203. The largest absolute Gasteiger partial charge is 0.501 e. The van der Waals surface area contributed by atoms with Crippen molar-refractivity contribution >= 4 is 0 Å². The molecule has 13 heavy (non-hydrogen) atoms. The van der Waals surface area contributed by atoms with E-state index in [1.165, 1.54) is 6.26 Å². The summed E-state index contributed by atoms with van der Waals surface area (Å²) in [5.41, 5.74) is 0.524. The molecule has 76 valence electrons. The van der Waals surface area contributed by atoms with Crippen molar-refractivity contribution in [2.45, 2.75) is 31.5 Å². The molecule has 0 radical (unpaired) electrons. The Morgan fingerprint density at radius 2 is 2.23 bits per heavy atom. The Bertz CT molecular complexity index is 198. The molecule has 1 rings (SSSR count). The predicted molar refractivity (Wildman–Crippen MR) is 39.9 cm³/mol. The van der Waals surface area contributed by atoms with Crippen molar-refractivity contribution in [3.8, 4) is 0 Å². The molecule has 0 saturated heterocycles. The van der Waals surface area contributed by atoms with Gasteiger partial charge < -0.3 is 9.84 Å². The van der Waals surface area contributed by atoms with E-state index in [9.17, 15) is 13.2 Å². The van der Waals surface area contributed by atoms with E-state index in [4.69, 9.17) is 9.84 Å². The maximum atomic E-state index is 11.9. The first-order valence-electron chi connectivity index (χ1n) is 4.04. The van der Waals surface area contributed by atoms with Gasteiger partial charge in [0.05, 0.1) is 12.9 Å². The number of ether oxygens (including phenoxy) is 1. The molecule has 1 atom stereocenters. The highest BCUT2D eigenvalue weighted by Gasteiger charge is 2.38. The van der Waals surface area contributed by atoms with Crippen LogP contribution in [0.5, 0.6) is 0 Å². The Hall–Kier alpha value is -0.710. The highest BCUT2D eigenvalue weighted by Crippen LogP contribution is 2.27. The zero-order valence-corrected chi connectivity index (χ0v) is 6.97. The van der Waals surface area contributed by atoms with Gasteiger partial charge in [-0.25, -0.2) is 0 Å². The molecule has 0 amide bonds. The van der Waals surface area contributed by atoms with Gasteiger partial charge in [0.15, 0.2) is 6.10 Å². The van der Waals surface area contributed by atoms with Crippen LogP contribution in [0.3, 0.4) is 0 Å².